The van der Waals surface area contributed by atoms with E-state index in [0.717, 1.165) is 11.8 Å². The van der Waals surface area contributed by atoms with Crippen molar-refractivity contribution in [2.75, 3.05) is 0 Å². The summed E-state index contributed by atoms with van der Waals surface area (Å²) in [5.74, 6) is 2.46. The van der Waals surface area contributed by atoms with E-state index in [-0.39, 0.29) is 11.9 Å². The van der Waals surface area contributed by atoms with Crippen molar-refractivity contribution >= 4 is 17.5 Å². The highest BCUT2D eigenvalue weighted by atomic mass is 35.5. The van der Waals surface area contributed by atoms with Crippen LogP contribution in [0.1, 0.15) is 43.0 Å². The maximum absolute atomic E-state index is 12.2. The summed E-state index contributed by atoms with van der Waals surface area (Å²) in [4.78, 5) is 12.2. The molecule has 1 N–H and O–H groups in total. The molecule has 0 radical (unpaired) electrons. The molecule has 3 heteroatoms. The Hall–Kier alpha value is -1.02. The minimum atomic E-state index is 0.0203. The number of carbonyl (C=O) groups excluding carboxylic acids is 1. The lowest BCUT2D eigenvalue weighted by atomic mass is 9.84. The van der Waals surface area contributed by atoms with E-state index in [9.17, 15) is 4.79 Å². The van der Waals surface area contributed by atoms with Gasteiger partial charge >= 0.3 is 0 Å². The number of nitrogens with one attached hydrogen (secondary N) is 1. The van der Waals surface area contributed by atoms with Crippen LogP contribution in [0, 0.1) is 17.8 Å². The largest absolute Gasteiger partial charge is 0.349 e. The Labute approximate surface area is 119 Å². The Morgan fingerprint density at radius 3 is 2.58 bits per heavy atom. The van der Waals surface area contributed by atoms with E-state index < -0.39 is 0 Å². The molecular weight excluding hydrogens is 258 g/mol. The molecule has 0 spiro atoms. The van der Waals surface area contributed by atoms with E-state index in [0.29, 0.717) is 16.5 Å². The molecule has 2 fully saturated rings. The number of amides is 1. The first kappa shape index (κ1) is 13.0. The molecule has 2 aliphatic carbocycles. The van der Waals surface area contributed by atoms with E-state index in [2.05, 4.69) is 12.2 Å². The topological polar surface area (TPSA) is 29.1 Å². The van der Waals surface area contributed by atoms with Crippen LogP contribution in [0.3, 0.4) is 0 Å². The monoisotopic (exact) mass is 277 g/mol. The molecular formula is C16H20ClNO. The molecule has 2 saturated carbocycles. The average Bonchev–Trinajstić information content (AvgIpc) is 3.01. The Morgan fingerprint density at radius 2 is 2.00 bits per heavy atom. The van der Waals surface area contributed by atoms with Gasteiger partial charge in [0.2, 0.25) is 0 Å². The zero-order valence-electron chi connectivity index (χ0n) is 11.2. The van der Waals surface area contributed by atoms with Crippen LogP contribution in [-0.4, -0.2) is 11.9 Å². The van der Waals surface area contributed by atoms with Crippen molar-refractivity contribution in [1.29, 1.82) is 0 Å². The van der Waals surface area contributed by atoms with E-state index in [1.807, 2.05) is 0 Å². The predicted molar refractivity (Wildman–Crippen MR) is 77.3 cm³/mol. The third kappa shape index (κ3) is 2.64. The number of hydrogen-bond donors (Lipinski definition) is 1. The van der Waals surface area contributed by atoms with Gasteiger partial charge in [0, 0.05) is 16.6 Å². The lowest BCUT2D eigenvalue weighted by molar-refractivity contribution is 0.0915. The van der Waals surface area contributed by atoms with Crippen molar-refractivity contribution in [3.05, 3.63) is 34.9 Å². The van der Waals surface area contributed by atoms with E-state index in [1.165, 1.54) is 25.7 Å². The van der Waals surface area contributed by atoms with E-state index in [4.69, 9.17) is 11.6 Å². The van der Waals surface area contributed by atoms with Gasteiger partial charge in [-0.05, 0) is 68.2 Å². The number of halogens is 1. The summed E-state index contributed by atoms with van der Waals surface area (Å²) in [5.41, 5.74) is 0.694. The maximum atomic E-state index is 12.2. The Morgan fingerprint density at radius 1 is 1.26 bits per heavy atom. The van der Waals surface area contributed by atoms with Crippen molar-refractivity contribution in [2.24, 2.45) is 17.8 Å². The molecule has 4 atom stereocenters. The van der Waals surface area contributed by atoms with E-state index >= 15 is 0 Å². The molecule has 0 saturated heterocycles. The standard InChI is InChI=1S/C16H20ClNO/c1-10(15-9-11-2-3-13(15)8-11)18-16(19)12-4-6-14(17)7-5-12/h4-7,10-11,13,15H,2-3,8-9H2,1H3,(H,18,19)/t10-,11-,13-,15+/m0/s1. The molecule has 0 unspecified atom stereocenters. The molecule has 2 nitrogen and oxygen atoms in total. The third-order valence-corrected chi connectivity index (χ3v) is 5.15. The smallest absolute Gasteiger partial charge is 0.251 e. The highest BCUT2D eigenvalue weighted by Crippen LogP contribution is 2.49. The Bertz CT molecular complexity index is 470. The first-order valence-corrected chi connectivity index (χ1v) is 7.57. The van der Waals surface area contributed by atoms with Gasteiger partial charge in [0.05, 0.1) is 0 Å². The summed E-state index contributed by atoms with van der Waals surface area (Å²) in [6, 6.07) is 7.37. The molecule has 3 rings (SSSR count). The molecule has 0 aromatic heterocycles. The second-order valence-electron chi connectivity index (χ2n) is 6.11. The van der Waals surface area contributed by atoms with Gasteiger partial charge in [-0.15, -0.1) is 0 Å². The quantitative estimate of drug-likeness (QED) is 0.892. The molecule has 0 heterocycles. The number of rotatable bonds is 3. The van der Waals surface area contributed by atoms with Gasteiger partial charge in [0.1, 0.15) is 0 Å². The molecule has 2 aliphatic rings. The van der Waals surface area contributed by atoms with Gasteiger partial charge in [-0.25, -0.2) is 0 Å². The normalized spacial score (nSPS) is 30.3. The first-order valence-electron chi connectivity index (χ1n) is 7.20. The fourth-order valence-corrected chi connectivity index (χ4v) is 4.03. The highest BCUT2D eigenvalue weighted by Gasteiger charge is 2.42. The summed E-state index contributed by atoms with van der Waals surface area (Å²) in [7, 11) is 0. The van der Waals surface area contributed by atoms with Crippen molar-refractivity contribution in [2.45, 2.75) is 38.6 Å². The maximum Gasteiger partial charge on any atom is 0.251 e. The lowest BCUT2D eigenvalue weighted by Crippen LogP contribution is -2.40. The predicted octanol–water partition coefficient (Wildman–Crippen LogP) is 3.89. The molecule has 1 aromatic rings. The number of fused-ring (bicyclic) bond motifs is 2. The van der Waals surface area contributed by atoms with Gasteiger partial charge in [0.15, 0.2) is 0 Å². The minimum absolute atomic E-state index is 0.0203. The zero-order chi connectivity index (χ0) is 13.4. The molecule has 1 aromatic carbocycles. The number of carbonyl (C=O) groups is 1. The van der Waals surface area contributed by atoms with Crippen molar-refractivity contribution in [1.82, 2.24) is 5.32 Å². The SMILES string of the molecule is C[C@H](NC(=O)c1ccc(Cl)cc1)[C@H]1C[C@H]2CC[C@H]1C2. The molecule has 1 amide bonds. The fourth-order valence-electron chi connectivity index (χ4n) is 3.90. The second-order valence-corrected chi connectivity index (χ2v) is 6.54. The third-order valence-electron chi connectivity index (χ3n) is 4.90. The van der Waals surface area contributed by atoms with Crippen molar-refractivity contribution in [3.63, 3.8) is 0 Å². The summed E-state index contributed by atoms with van der Waals surface area (Å²) in [6.45, 7) is 2.15. The molecule has 102 valence electrons. The van der Waals surface area contributed by atoms with E-state index in [1.54, 1.807) is 24.3 Å². The summed E-state index contributed by atoms with van der Waals surface area (Å²) < 4.78 is 0. The first-order chi connectivity index (χ1) is 9.13. The van der Waals surface area contributed by atoms with Crippen LogP contribution < -0.4 is 5.32 Å². The van der Waals surface area contributed by atoms with Crippen LogP contribution in [0.15, 0.2) is 24.3 Å². The van der Waals surface area contributed by atoms with Crippen molar-refractivity contribution < 1.29 is 4.79 Å². The molecule has 2 bridgehead atoms. The van der Waals surface area contributed by atoms with Crippen LogP contribution in [-0.2, 0) is 0 Å². The van der Waals surface area contributed by atoms with Crippen LogP contribution in [0.4, 0.5) is 0 Å². The number of benzene rings is 1. The van der Waals surface area contributed by atoms with Crippen LogP contribution in [0.2, 0.25) is 5.02 Å². The van der Waals surface area contributed by atoms with Gasteiger partial charge in [-0.3, -0.25) is 4.79 Å². The second kappa shape index (κ2) is 5.16. The minimum Gasteiger partial charge on any atom is -0.349 e. The molecule has 0 aliphatic heterocycles. The molecule has 19 heavy (non-hydrogen) atoms. The summed E-state index contributed by atoms with van der Waals surface area (Å²) in [5, 5.41) is 3.82. The Balaban J connectivity index is 1.61. The fraction of sp³-hybridized carbons (Fsp3) is 0.562. The highest BCUT2D eigenvalue weighted by molar-refractivity contribution is 6.30. The summed E-state index contributed by atoms with van der Waals surface area (Å²) >= 11 is 5.84. The lowest BCUT2D eigenvalue weighted by Gasteiger charge is -2.28. The average molecular weight is 278 g/mol. The zero-order valence-corrected chi connectivity index (χ0v) is 12.0. The van der Waals surface area contributed by atoms with Crippen molar-refractivity contribution in [3.8, 4) is 0 Å². The van der Waals surface area contributed by atoms with Gasteiger partial charge in [-0.1, -0.05) is 18.0 Å². The summed E-state index contributed by atoms with van der Waals surface area (Å²) in [6.07, 6.45) is 5.44. The Kier molecular flexibility index (Phi) is 3.53. The number of hydrogen-bond acceptors (Lipinski definition) is 1. The van der Waals surface area contributed by atoms with Crippen LogP contribution >= 0.6 is 11.6 Å². The van der Waals surface area contributed by atoms with Gasteiger partial charge in [0.25, 0.3) is 5.91 Å². The van der Waals surface area contributed by atoms with Gasteiger partial charge in [-0.2, -0.15) is 0 Å². The van der Waals surface area contributed by atoms with Crippen LogP contribution in [0.5, 0.6) is 0 Å². The van der Waals surface area contributed by atoms with Gasteiger partial charge < -0.3 is 5.32 Å². The van der Waals surface area contributed by atoms with Crippen LogP contribution in [0.25, 0.3) is 0 Å².